The molecule has 1 heterocycles. The van der Waals surface area contributed by atoms with E-state index in [0.717, 1.165) is 17.1 Å². The van der Waals surface area contributed by atoms with Gasteiger partial charge >= 0.3 is 0 Å². The fraction of sp³-hybridized carbons (Fsp3) is 0.200. The summed E-state index contributed by atoms with van der Waals surface area (Å²) in [6, 6.07) is 13.1. The molecule has 0 aliphatic heterocycles. The summed E-state index contributed by atoms with van der Waals surface area (Å²) in [5, 5.41) is 12.1. The van der Waals surface area contributed by atoms with Crippen LogP contribution in [0.3, 0.4) is 0 Å². The number of hydrogen-bond acceptors (Lipinski definition) is 5. The molecule has 20 heavy (non-hydrogen) atoms. The lowest BCUT2D eigenvalue weighted by Crippen LogP contribution is -2.10. The van der Waals surface area contributed by atoms with Crippen molar-refractivity contribution in [3.05, 3.63) is 47.7 Å². The van der Waals surface area contributed by atoms with Gasteiger partial charge in [-0.25, -0.2) is 4.98 Å². The van der Waals surface area contributed by atoms with Crippen molar-refractivity contribution < 1.29 is 4.74 Å². The lowest BCUT2D eigenvalue weighted by molar-refractivity contribution is 0.328. The standard InChI is InChI=1S/C15H16N4O/c1-11-8-12(10-17)9-15(18-11)19-13-2-4-14(5-3-13)20-7-6-16/h2-5,8-9H,6-7,16H2,1H3,(H,18,19). The zero-order chi connectivity index (χ0) is 14.4. The molecule has 0 saturated carbocycles. The maximum atomic E-state index is 8.94. The first kappa shape index (κ1) is 13.8. The quantitative estimate of drug-likeness (QED) is 0.869. The van der Waals surface area contributed by atoms with E-state index in [1.54, 1.807) is 12.1 Å². The Labute approximate surface area is 118 Å². The molecular formula is C15H16N4O. The molecule has 0 fully saturated rings. The van der Waals surface area contributed by atoms with E-state index >= 15 is 0 Å². The van der Waals surface area contributed by atoms with Gasteiger partial charge in [-0.05, 0) is 43.3 Å². The Morgan fingerprint density at radius 2 is 2.05 bits per heavy atom. The Kier molecular flexibility index (Phi) is 4.53. The lowest BCUT2D eigenvalue weighted by atomic mass is 10.2. The molecule has 5 nitrogen and oxygen atoms in total. The van der Waals surface area contributed by atoms with Crippen molar-refractivity contribution in [2.75, 3.05) is 18.5 Å². The average molecular weight is 268 g/mol. The fourth-order valence-corrected chi connectivity index (χ4v) is 1.76. The van der Waals surface area contributed by atoms with Crippen LogP contribution in [0.2, 0.25) is 0 Å². The van der Waals surface area contributed by atoms with Crippen LogP contribution in [0.1, 0.15) is 11.3 Å². The van der Waals surface area contributed by atoms with E-state index in [2.05, 4.69) is 16.4 Å². The molecule has 0 radical (unpaired) electrons. The predicted molar refractivity (Wildman–Crippen MR) is 78.0 cm³/mol. The first-order chi connectivity index (χ1) is 9.71. The Morgan fingerprint density at radius 3 is 2.70 bits per heavy atom. The van der Waals surface area contributed by atoms with E-state index in [1.807, 2.05) is 31.2 Å². The Balaban J connectivity index is 2.10. The number of nitrogens with one attached hydrogen (secondary N) is 1. The molecule has 2 rings (SSSR count). The third kappa shape index (κ3) is 3.70. The van der Waals surface area contributed by atoms with Gasteiger partial charge in [0.1, 0.15) is 18.2 Å². The van der Waals surface area contributed by atoms with Crippen LogP contribution in [0.5, 0.6) is 5.75 Å². The van der Waals surface area contributed by atoms with Crippen molar-refractivity contribution in [1.29, 1.82) is 5.26 Å². The topological polar surface area (TPSA) is 84.0 Å². The van der Waals surface area contributed by atoms with Gasteiger partial charge in [0.2, 0.25) is 0 Å². The number of nitrogens with two attached hydrogens (primary N) is 1. The van der Waals surface area contributed by atoms with E-state index in [0.29, 0.717) is 24.5 Å². The summed E-state index contributed by atoms with van der Waals surface area (Å²) in [4.78, 5) is 4.34. The normalized spacial score (nSPS) is 9.85. The molecule has 1 aromatic heterocycles. The summed E-state index contributed by atoms with van der Waals surface area (Å²) < 4.78 is 5.40. The average Bonchev–Trinajstić information content (AvgIpc) is 2.46. The van der Waals surface area contributed by atoms with E-state index in [4.69, 9.17) is 15.7 Å². The molecule has 0 aliphatic rings. The number of ether oxygens (including phenoxy) is 1. The van der Waals surface area contributed by atoms with Crippen molar-refractivity contribution in [2.24, 2.45) is 5.73 Å². The number of anilines is 2. The molecule has 5 heteroatoms. The Hall–Kier alpha value is -2.58. The minimum Gasteiger partial charge on any atom is -0.492 e. The largest absolute Gasteiger partial charge is 0.492 e. The molecule has 0 amide bonds. The van der Waals surface area contributed by atoms with E-state index in [9.17, 15) is 0 Å². The molecule has 1 aromatic carbocycles. The zero-order valence-corrected chi connectivity index (χ0v) is 11.3. The van der Waals surface area contributed by atoms with Crippen molar-refractivity contribution in [3.63, 3.8) is 0 Å². The maximum Gasteiger partial charge on any atom is 0.131 e. The molecular weight excluding hydrogens is 252 g/mol. The van der Waals surface area contributed by atoms with Gasteiger partial charge in [0.05, 0.1) is 11.6 Å². The molecule has 0 saturated heterocycles. The summed E-state index contributed by atoms with van der Waals surface area (Å²) >= 11 is 0. The number of benzene rings is 1. The second-order valence-corrected chi connectivity index (χ2v) is 4.28. The van der Waals surface area contributed by atoms with Gasteiger partial charge in [-0.1, -0.05) is 0 Å². The van der Waals surface area contributed by atoms with Crippen LogP contribution in [-0.4, -0.2) is 18.1 Å². The molecule has 0 atom stereocenters. The van der Waals surface area contributed by atoms with E-state index in [1.165, 1.54) is 0 Å². The van der Waals surface area contributed by atoms with Crippen LogP contribution in [0.15, 0.2) is 36.4 Å². The minimum absolute atomic E-state index is 0.490. The minimum atomic E-state index is 0.490. The highest BCUT2D eigenvalue weighted by molar-refractivity contribution is 5.58. The second kappa shape index (κ2) is 6.55. The number of aryl methyl sites for hydroxylation is 1. The third-order valence-corrected chi connectivity index (χ3v) is 2.60. The SMILES string of the molecule is Cc1cc(C#N)cc(Nc2ccc(OCCN)cc2)n1. The third-order valence-electron chi connectivity index (χ3n) is 2.60. The molecule has 102 valence electrons. The van der Waals surface area contributed by atoms with E-state index in [-0.39, 0.29) is 0 Å². The predicted octanol–water partition coefficient (Wildman–Crippen LogP) is 2.34. The number of nitrogens with zero attached hydrogens (tertiary/aromatic N) is 2. The van der Waals surface area contributed by atoms with E-state index < -0.39 is 0 Å². The van der Waals surface area contributed by atoms with Gasteiger partial charge in [0, 0.05) is 17.9 Å². The number of pyridine rings is 1. The summed E-state index contributed by atoms with van der Waals surface area (Å²) in [5.74, 6) is 1.42. The van der Waals surface area contributed by atoms with Crippen LogP contribution < -0.4 is 15.8 Å². The van der Waals surface area contributed by atoms with Crippen LogP contribution in [0, 0.1) is 18.3 Å². The number of hydrogen-bond donors (Lipinski definition) is 2. The molecule has 0 unspecified atom stereocenters. The van der Waals surface area contributed by atoms with Crippen LogP contribution in [-0.2, 0) is 0 Å². The maximum absolute atomic E-state index is 8.94. The smallest absolute Gasteiger partial charge is 0.131 e. The van der Waals surface area contributed by atoms with Crippen molar-refractivity contribution in [1.82, 2.24) is 4.98 Å². The number of rotatable bonds is 5. The molecule has 0 aliphatic carbocycles. The van der Waals surface area contributed by atoms with Gasteiger partial charge in [-0.15, -0.1) is 0 Å². The lowest BCUT2D eigenvalue weighted by Gasteiger charge is -2.08. The molecule has 3 N–H and O–H groups in total. The number of nitriles is 1. The summed E-state index contributed by atoms with van der Waals surface area (Å²) in [6.45, 7) is 2.84. The summed E-state index contributed by atoms with van der Waals surface area (Å²) in [6.07, 6.45) is 0. The van der Waals surface area contributed by atoms with Crippen molar-refractivity contribution in [2.45, 2.75) is 6.92 Å². The fourth-order valence-electron chi connectivity index (χ4n) is 1.76. The van der Waals surface area contributed by atoms with Crippen LogP contribution in [0.4, 0.5) is 11.5 Å². The van der Waals surface area contributed by atoms with Gasteiger partial charge in [-0.2, -0.15) is 5.26 Å². The first-order valence-electron chi connectivity index (χ1n) is 6.30. The van der Waals surface area contributed by atoms with Crippen LogP contribution in [0.25, 0.3) is 0 Å². The monoisotopic (exact) mass is 268 g/mol. The van der Waals surface area contributed by atoms with Gasteiger partial charge in [0.15, 0.2) is 0 Å². The summed E-state index contributed by atoms with van der Waals surface area (Å²) in [7, 11) is 0. The Morgan fingerprint density at radius 1 is 1.30 bits per heavy atom. The molecule has 2 aromatic rings. The van der Waals surface area contributed by atoms with Crippen LogP contribution >= 0.6 is 0 Å². The number of aromatic nitrogens is 1. The Bertz CT molecular complexity index is 617. The highest BCUT2D eigenvalue weighted by Crippen LogP contribution is 2.20. The summed E-state index contributed by atoms with van der Waals surface area (Å²) in [5.41, 5.74) is 7.65. The first-order valence-corrected chi connectivity index (χ1v) is 6.30. The highest BCUT2D eigenvalue weighted by Gasteiger charge is 2.01. The molecule has 0 spiro atoms. The van der Waals surface area contributed by atoms with Crippen molar-refractivity contribution >= 4 is 11.5 Å². The van der Waals surface area contributed by atoms with Gasteiger partial charge < -0.3 is 15.8 Å². The second-order valence-electron chi connectivity index (χ2n) is 4.28. The van der Waals surface area contributed by atoms with Gasteiger partial charge in [-0.3, -0.25) is 0 Å². The zero-order valence-electron chi connectivity index (χ0n) is 11.3. The van der Waals surface area contributed by atoms with Gasteiger partial charge in [0.25, 0.3) is 0 Å². The highest BCUT2D eigenvalue weighted by atomic mass is 16.5. The molecule has 0 bridgehead atoms. The van der Waals surface area contributed by atoms with Crippen molar-refractivity contribution in [3.8, 4) is 11.8 Å².